The normalized spacial score (nSPS) is 22.7. The van der Waals surface area contributed by atoms with E-state index in [1.54, 1.807) is 7.05 Å². The van der Waals surface area contributed by atoms with Gasteiger partial charge in [0.15, 0.2) is 0 Å². The Morgan fingerprint density at radius 3 is 1.86 bits per heavy atom. The number of alkyl halides is 6. The lowest BCUT2D eigenvalue weighted by Crippen LogP contribution is -2.48. The van der Waals surface area contributed by atoms with E-state index in [1.807, 2.05) is 35.2 Å². The highest BCUT2D eigenvalue weighted by atomic mass is 19.4. The van der Waals surface area contributed by atoms with E-state index in [4.69, 9.17) is 0 Å². The fourth-order valence-electron chi connectivity index (χ4n) is 7.18. The van der Waals surface area contributed by atoms with Crippen molar-refractivity contribution < 1.29 is 30.7 Å². The van der Waals surface area contributed by atoms with Crippen molar-refractivity contribution in [1.82, 2.24) is 9.80 Å². The third-order valence-corrected chi connectivity index (χ3v) is 9.36. The van der Waals surface area contributed by atoms with Crippen LogP contribution in [0, 0.1) is 5.82 Å². The summed E-state index contributed by atoms with van der Waals surface area (Å²) in [5, 5.41) is 0. The first kappa shape index (κ1) is 31.5. The average Bonchev–Trinajstić information content (AvgIpc) is 2.97. The van der Waals surface area contributed by atoms with E-state index in [9.17, 15) is 30.7 Å². The predicted octanol–water partition coefficient (Wildman–Crippen LogP) is 9.06. The predicted molar refractivity (Wildman–Crippen MR) is 153 cm³/mol. The summed E-state index contributed by atoms with van der Waals surface area (Å²) in [5.74, 6) is 0.197. The summed E-state index contributed by atoms with van der Waals surface area (Å²) in [6.07, 6.45) is -4.02. The Labute approximate surface area is 248 Å². The second-order valence-electron chi connectivity index (χ2n) is 12.3. The van der Waals surface area contributed by atoms with Crippen molar-refractivity contribution in [2.75, 3.05) is 26.7 Å². The molecule has 232 valence electrons. The van der Waals surface area contributed by atoms with Crippen molar-refractivity contribution in [2.45, 2.75) is 74.8 Å². The minimum Gasteiger partial charge on any atom is -0.301 e. The quantitative estimate of drug-likeness (QED) is 0.248. The minimum absolute atomic E-state index is 0.00873. The lowest BCUT2D eigenvalue weighted by Gasteiger charge is -2.47. The molecule has 0 radical (unpaired) electrons. The Morgan fingerprint density at radius 2 is 1.33 bits per heavy atom. The third-order valence-electron chi connectivity index (χ3n) is 9.36. The standard InChI is InChI=1S/C34H37F7N2/c1-42(22-24-19-28(33(36,37)38)21-29(20-24)34(39,40)41)23-32(27-5-3-2-4-6-27)15-11-31(12-16-32)43-17-13-26(14-18-43)25-7-9-30(35)10-8-25/h2-10,19-21,26,31H,11-18,22-23H2,1H3. The molecule has 1 aliphatic heterocycles. The van der Waals surface area contributed by atoms with E-state index < -0.39 is 23.5 Å². The topological polar surface area (TPSA) is 6.48 Å². The molecule has 3 aromatic rings. The maximum atomic E-state index is 13.4. The second-order valence-corrected chi connectivity index (χ2v) is 12.3. The monoisotopic (exact) mass is 606 g/mol. The Balaban J connectivity index is 1.27. The maximum absolute atomic E-state index is 13.4. The molecule has 0 spiro atoms. The van der Waals surface area contributed by atoms with Gasteiger partial charge < -0.3 is 9.80 Å². The number of rotatable bonds is 7. The van der Waals surface area contributed by atoms with Gasteiger partial charge in [0, 0.05) is 24.5 Å². The van der Waals surface area contributed by atoms with Crippen LogP contribution in [0.1, 0.15) is 72.3 Å². The molecule has 1 saturated heterocycles. The zero-order valence-electron chi connectivity index (χ0n) is 24.2. The molecule has 5 rings (SSSR count). The second kappa shape index (κ2) is 12.6. The number of likely N-dealkylation sites (N-methyl/N-ethyl adjacent to an activating group) is 1. The van der Waals surface area contributed by atoms with Gasteiger partial charge in [-0.3, -0.25) is 0 Å². The molecule has 2 aliphatic rings. The van der Waals surface area contributed by atoms with Gasteiger partial charge in [-0.05, 0) is 112 Å². The van der Waals surface area contributed by atoms with Crippen molar-refractivity contribution in [2.24, 2.45) is 0 Å². The molecule has 3 aromatic carbocycles. The van der Waals surface area contributed by atoms with E-state index >= 15 is 0 Å². The molecular formula is C34H37F7N2. The maximum Gasteiger partial charge on any atom is 0.416 e. The molecule has 2 fully saturated rings. The number of piperidine rings is 1. The van der Waals surface area contributed by atoms with Crippen molar-refractivity contribution >= 4 is 0 Å². The molecule has 1 saturated carbocycles. The highest BCUT2D eigenvalue weighted by molar-refractivity contribution is 5.34. The number of hydrogen-bond donors (Lipinski definition) is 0. The number of hydrogen-bond acceptors (Lipinski definition) is 2. The largest absolute Gasteiger partial charge is 0.416 e. The van der Waals surface area contributed by atoms with Crippen LogP contribution in [0.2, 0.25) is 0 Å². The van der Waals surface area contributed by atoms with E-state index in [1.165, 1.54) is 17.7 Å². The van der Waals surface area contributed by atoms with Crippen LogP contribution in [0.5, 0.6) is 0 Å². The summed E-state index contributed by atoms with van der Waals surface area (Å²) in [4.78, 5) is 4.41. The van der Waals surface area contributed by atoms with Gasteiger partial charge in [0.1, 0.15) is 5.82 Å². The van der Waals surface area contributed by atoms with E-state index in [0.717, 1.165) is 69.3 Å². The van der Waals surface area contributed by atoms with Gasteiger partial charge in [-0.1, -0.05) is 42.5 Å². The lowest BCUT2D eigenvalue weighted by molar-refractivity contribution is -0.143. The van der Waals surface area contributed by atoms with Crippen molar-refractivity contribution in [3.63, 3.8) is 0 Å². The van der Waals surface area contributed by atoms with Crippen molar-refractivity contribution in [1.29, 1.82) is 0 Å². The first-order valence-electron chi connectivity index (χ1n) is 14.8. The molecule has 43 heavy (non-hydrogen) atoms. The highest BCUT2D eigenvalue weighted by Gasteiger charge is 2.41. The SMILES string of the molecule is CN(Cc1cc(C(F)(F)F)cc(C(F)(F)F)c1)CC1(c2ccccc2)CCC(N2CCC(c3ccc(F)cc3)CC2)CC1. The molecule has 1 aliphatic carbocycles. The minimum atomic E-state index is -4.87. The Hall–Kier alpha value is -2.91. The Kier molecular flexibility index (Phi) is 9.23. The molecule has 0 bridgehead atoms. The van der Waals surface area contributed by atoms with Crippen LogP contribution < -0.4 is 0 Å². The van der Waals surface area contributed by atoms with E-state index in [0.29, 0.717) is 18.5 Å². The molecular weight excluding hydrogens is 569 g/mol. The average molecular weight is 607 g/mol. The van der Waals surface area contributed by atoms with Gasteiger partial charge in [0.05, 0.1) is 11.1 Å². The van der Waals surface area contributed by atoms with Crippen molar-refractivity contribution in [3.8, 4) is 0 Å². The van der Waals surface area contributed by atoms with Crippen LogP contribution in [0.4, 0.5) is 30.7 Å². The number of nitrogens with zero attached hydrogens (tertiary/aromatic N) is 2. The molecule has 1 heterocycles. The van der Waals surface area contributed by atoms with Gasteiger partial charge in [0.25, 0.3) is 0 Å². The molecule has 0 unspecified atom stereocenters. The summed E-state index contributed by atoms with van der Waals surface area (Å²) >= 11 is 0. The summed E-state index contributed by atoms with van der Waals surface area (Å²) in [6, 6.07) is 19.1. The molecule has 9 heteroatoms. The lowest BCUT2D eigenvalue weighted by atomic mass is 9.67. The zero-order valence-corrected chi connectivity index (χ0v) is 24.2. The van der Waals surface area contributed by atoms with Crippen LogP contribution in [0.3, 0.4) is 0 Å². The first-order valence-corrected chi connectivity index (χ1v) is 14.8. The Bertz CT molecular complexity index is 1300. The summed E-state index contributed by atoms with van der Waals surface area (Å²) in [6.45, 7) is 2.44. The number of benzene rings is 3. The summed E-state index contributed by atoms with van der Waals surface area (Å²) in [5.41, 5.74) is -0.507. The summed E-state index contributed by atoms with van der Waals surface area (Å²) < 4.78 is 94.0. The third kappa shape index (κ3) is 7.60. The van der Waals surface area contributed by atoms with Gasteiger partial charge in [-0.15, -0.1) is 0 Å². The van der Waals surface area contributed by atoms with Crippen LogP contribution in [0.25, 0.3) is 0 Å². The van der Waals surface area contributed by atoms with Gasteiger partial charge >= 0.3 is 12.4 Å². The van der Waals surface area contributed by atoms with Gasteiger partial charge in [0.2, 0.25) is 0 Å². The van der Waals surface area contributed by atoms with Gasteiger partial charge in [-0.25, -0.2) is 4.39 Å². The smallest absolute Gasteiger partial charge is 0.301 e. The van der Waals surface area contributed by atoms with Crippen LogP contribution in [-0.2, 0) is 24.3 Å². The molecule has 0 aromatic heterocycles. The van der Waals surface area contributed by atoms with E-state index in [-0.39, 0.29) is 29.4 Å². The molecule has 0 atom stereocenters. The van der Waals surface area contributed by atoms with E-state index in [2.05, 4.69) is 17.0 Å². The molecule has 0 amide bonds. The fraction of sp³-hybridized carbons (Fsp3) is 0.471. The zero-order chi connectivity index (χ0) is 30.8. The first-order chi connectivity index (χ1) is 20.3. The Morgan fingerprint density at radius 1 is 0.767 bits per heavy atom. The number of likely N-dealkylation sites (tertiary alicyclic amines) is 1. The van der Waals surface area contributed by atoms with Crippen LogP contribution >= 0.6 is 0 Å². The van der Waals surface area contributed by atoms with Crippen LogP contribution in [-0.4, -0.2) is 42.5 Å². The van der Waals surface area contributed by atoms with Crippen LogP contribution in [0.15, 0.2) is 72.8 Å². The summed E-state index contributed by atoms with van der Waals surface area (Å²) in [7, 11) is 1.77. The molecule has 2 nitrogen and oxygen atoms in total. The van der Waals surface area contributed by atoms with Gasteiger partial charge in [-0.2, -0.15) is 26.3 Å². The fourth-order valence-corrected chi connectivity index (χ4v) is 7.18. The van der Waals surface area contributed by atoms with Crippen molar-refractivity contribution in [3.05, 3.63) is 106 Å². The highest BCUT2D eigenvalue weighted by Crippen LogP contribution is 2.43. The molecule has 0 N–H and O–H groups in total. The number of halogens is 7.